The van der Waals surface area contributed by atoms with Crippen molar-refractivity contribution in [2.24, 2.45) is 5.92 Å². The van der Waals surface area contributed by atoms with E-state index in [1.165, 1.54) is 0 Å². The van der Waals surface area contributed by atoms with Gasteiger partial charge in [0.1, 0.15) is 6.10 Å². The molecular weight excluding hydrogens is 292 g/mol. The van der Waals surface area contributed by atoms with Crippen molar-refractivity contribution in [3.63, 3.8) is 0 Å². The highest BCUT2D eigenvalue weighted by atomic mass is 32.2. The Kier molecular flexibility index (Phi) is 6.17. The molecule has 7 heteroatoms. The summed E-state index contributed by atoms with van der Waals surface area (Å²) in [5.74, 6) is 0.0784. The van der Waals surface area contributed by atoms with E-state index in [1.807, 2.05) is 13.8 Å². The zero-order valence-electron chi connectivity index (χ0n) is 12.7. The van der Waals surface area contributed by atoms with Crippen molar-refractivity contribution in [1.82, 2.24) is 0 Å². The van der Waals surface area contributed by atoms with Gasteiger partial charge in [0.2, 0.25) is 10.0 Å². The Bertz CT molecular complexity index is 584. The van der Waals surface area contributed by atoms with Crippen LogP contribution in [-0.4, -0.2) is 33.3 Å². The Labute approximate surface area is 125 Å². The molecule has 0 heterocycles. The molecular formula is C14H22N2O4S. The predicted octanol–water partition coefficient (Wildman–Crippen LogP) is 2.06. The predicted molar refractivity (Wildman–Crippen MR) is 83.8 cm³/mol. The second kappa shape index (κ2) is 7.42. The molecule has 0 spiro atoms. The van der Waals surface area contributed by atoms with E-state index >= 15 is 0 Å². The number of hydrogen-bond donors (Lipinski definition) is 2. The van der Waals surface area contributed by atoms with Crippen molar-refractivity contribution in [2.75, 3.05) is 22.9 Å². The molecule has 1 atom stereocenters. The van der Waals surface area contributed by atoms with Crippen LogP contribution in [0.15, 0.2) is 24.3 Å². The van der Waals surface area contributed by atoms with Crippen LogP contribution >= 0.6 is 0 Å². The van der Waals surface area contributed by atoms with Gasteiger partial charge in [-0.1, -0.05) is 19.9 Å². The topological polar surface area (TPSA) is 84.5 Å². The normalized spacial score (nSPS) is 13.0. The van der Waals surface area contributed by atoms with Gasteiger partial charge in [0.25, 0.3) is 5.91 Å². The first-order valence-electron chi connectivity index (χ1n) is 6.67. The zero-order chi connectivity index (χ0) is 16.0. The van der Waals surface area contributed by atoms with Gasteiger partial charge in [-0.15, -0.1) is 0 Å². The van der Waals surface area contributed by atoms with Crippen LogP contribution in [0.5, 0.6) is 0 Å². The maximum atomic E-state index is 11.9. The largest absolute Gasteiger partial charge is 0.368 e. The summed E-state index contributed by atoms with van der Waals surface area (Å²) in [5, 5.41) is 2.69. The van der Waals surface area contributed by atoms with E-state index in [0.29, 0.717) is 23.9 Å². The van der Waals surface area contributed by atoms with Crippen LogP contribution in [0.25, 0.3) is 0 Å². The number of carbonyl (C=O) groups is 1. The van der Waals surface area contributed by atoms with Gasteiger partial charge in [-0.25, -0.2) is 8.42 Å². The summed E-state index contributed by atoms with van der Waals surface area (Å²) in [5.41, 5.74) is 0.902. The van der Waals surface area contributed by atoms with Gasteiger partial charge >= 0.3 is 0 Å². The standard InChI is InChI=1S/C14H22N2O4S/c1-10(2)9-20-11(3)14(17)15-12-6-5-7-13(8-12)16-21(4,18)19/h5-8,10-11,16H,9H2,1-4H3,(H,15,17)/t11-/m0/s1. The van der Waals surface area contributed by atoms with Gasteiger partial charge in [0, 0.05) is 12.3 Å². The van der Waals surface area contributed by atoms with Crippen molar-refractivity contribution in [1.29, 1.82) is 0 Å². The second-order valence-corrected chi connectivity index (χ2v) is 7.06. The number of carbonyl (C=O) groups excluding carboxylic acids is 1. The summed E-state index contributed by atoms with van der Waals surface area (Å²) in [7, 11) is -3.34. The quantitative estimate of drug-likeness (QED) is 0.807. The van der Waals surface area contributed by atoms with E-state index in [0.717, 1.165) is 6.26 Å². The molecule has 6 nitrogen and oxygen atoms in total. The van der Waals surface area contributed by atoms with Crippen LogP contribution in [0.3, 0.4) is 0 Å². The average molecular weight is 314 g/mol. The molecule has 1 aromatic carbocycles. The van der Waals surface area contributed by atoms with Crippen LogP contribution in [0, 0.1) is 5.92 Å². The molecule has 0 aliphatic rings. The molecule has 0 saturated heterocycles. The monoisotopic (exact) mass is 314 g/mol. The first-order chi connectivity index (χ1) is 9.67. The van der Waals surface area contributed by atoms with E-state index in [1.54, 1.807) is 31.2 Å². The number of sulfonamides is 1. The smallest absolute Gasteiger partial charge is 0.253 e. The lowest BCUT2D eigenvalue weighted by molar-refractivity contribution is -0.126. The van der Waals surface area contributed by atoms with E-state index in [9.17, 15) is 13.2 Å². The minimum Gasteiger partial charge on any atom is -0.368 e. The Hall–Kier alpha value is -1.60. The van der Waals surface area contributed by atoms with Gasteiger partial charge in [-0.3, -0.25) is 9.52 Å². The fourth-order valence-corrected chi connectivity index (χ4v) is 2.09. The van der Waals surface area contributed by atoms with Crippen molar-refractivity contribution < 1.29 is 17.9 Å². The van der Waals surface area contributed by atoms with Crippen molar-refractivity contribution in [3.05, 3.63) is 24.3 Å². The van der Waals surface area contributed by atoms with Gasteiger partial charge in [0.05, 0.1) is 11.9 Å². The summed E-state index contributed by atoms with van der Waals surface area (Å²) in [4.78, 5) is 11.9. The van der Waals surface area contributed by atoms with E-state index in [-0.39, 0.29) is 5.91 Å². The fraction of sp³-hybridized carbons (Fsp3) is 0.500. The Morgan fingerprint density at radius 3 is 2.43 bits per heavy atom. The summed E-state index contributed by atoms with van der Waals surface area (Å²) in [6.45, 7) is 6.19. The molecule has 0 aromatic heterocycles. The molecule has 2 N–H and O–H groups in total. The molecule has 0 bridgehead atoms. The van der Waals surface area contributed by atoms with Gasteiger partial charge in [-0.2, -0.15) is 0 Å². The molecule has 1 rings (SSSR count). The molecule has 0 fully saturated rings. The Morgan fingerprint density at radius 2 is 1.86 bits per heavy atom. The number of hydrogen-bond acceptors (Lipinski definition) is 4. The minimum absolute atomic E-state index is 0.271. The summed E-state index contributed by atoms with van der Waals surface area (Å²) in [6, 6.07) is 6.49. The summed E-state index contributed by atoms with van der Waals surface area (Å²) in [6.07, 6.45) is 0.499. The fourth-order valence-electron chi connectivity index (χ4n) is 1.53. The first kappa shape index (κ1) is 17.5. The third kappa shape index (κ3) is 7.10. The van der Waals surface area contributed by atoms with Crippen LogP contribution in [0.2, 0.25) is 0 Å². The van der Waals surface area contributed by atoms with Crippen LogP contribution in [0.1, 0.15) is 20.8 Å². The van der Waals surface area contributed by atoms with Crippen molar-refractivity contribution in [3.8, 4) is 0 Å². The van der Waals surface area contributed by atoms with Crippen molar-refractivity contribution >= 4 is 27.3 Å². The number of anilines is 2. The molecule has 1 aromatic rings. The molecule has 0 saturated carbocycles. The lowest BCUT2D eigenvalue weighted by Gasteiger charge is -2.15. The Morgan fingerprint density at radius 1 is 1.24 bits per heavy atom. The summed E-state index contributed by atoms with van der Waals surface area (Å²) < 4.78 is 30.1. The number of ether oxygens (including phenoxy) is 1. The SMILES string of the molecule is CC(C)CO[C@@H](C)C(=O)Nc1cccc(NS(C)(=O)=O)c1. The molecule has 0 aliphatic heterocycles. The number of benzene rings is 1. The average Bonchev–Trinajstić information content (AvgIpc) is 2.34. The lowest BCUT2D eigenvalue weighted by Crippen LogP contribution is -2.28. The number of nitrogens with one attached hydrogen (secondary N) is 2. The molecule has 0 aliphatic carbocycles. The molecule has 1 amide bonds. The minimum atomic E-state index is -3.34. The van der Waals surface area contributed by atoms with Crippen LogP contribution in [0.4, 0.5) is 11.4 Å². The summed E-state index contributed by atoms with van der Waals surface area (Å²) >= 11 is 0. The number of amides is 1. The van der Waals surface area contributed by atoms with E-state index < -0.39 is 16.1 Å². The highest BCUT2D eigenvalue weighted by molar-refractivity contribution is 7.92. The molecule has 0 radical (unpaired) electrons. The highest BCUT2D eigenvalue weighted by Gasteiger charge is 2.14. The van der Waals surface area contributed by atoms with Crippen LogP contribution in [-0.2, 0) is 19.6 Å². The molecule has 0 unspecified atom stereocenters. The third-order valence-corrected chi connectivity index (χ3v) is 3.09. The zero-order valence-corrected chi connectivity index (χ0v) is 13.5. The van der Waals surface area contributed by atoms with E-state index in [4.69, 9.17) is 4.74 Å². The molecule has 118 valence electrons. The van der Waals surface area contributed by atoms with Gasteiger partial charge in [0.15, 0.2) is 0 Å². The third-order valence-electron chi connectivity index (χ3n) is 2.48. The van der Waals surface area contributed by atoms with Gasteiger partial charge in [-0.05, 0) is 31.0 Å². The Balaban J connectivity index is 2.66. The van der Waals surface area contributed by atoms with Gasteiger partial charge < -0.3 is 10.1 Å². The second-order valence-electron chi connectivity index (χ2n) is 5.31. The molecule has 21 heavy (non-hydrogen) atoms. The first-order valence-corrected chi connectivity index (χ1v) is 8.57. The maximum absolute atomic E-state index is 11.9. The maximum Gasteiger partial charge on any atom is 0.253 e. The highest BCUT2D eigenvalue weighted by Crippen LogP contribution is 2.16. The lowest BCUT2D eigenvalue weighted by atomic mass is 10.2. The van der Waals surface area contributed by atoms with Crippen LogP contribution < -0.4 is 10.0 Å². The van der Waals surface area contributed by atoms with Crippen molar-refractivity contribution in [2.45, 2.75) is 26.9 Å². The number of rotatable bonds is 7. The van der Waals surface area contributed by atoms with E-state index in [2.05, 4.69) is 10.0 Å².